The number of aromatic amines is 1. The van der Waals surface area contributed by atoms with E-state index >= 15 is 0 Å². The Morgan fingerprint density at radius 2 is 1.90 bits per heavy atom. The van der Waals surface area contributed by atoms with Crippen molar-refractivity contribution in [1.29, 1.82) is 0 Å². The molecule has 1 atom stereocenters. The molecule has 146 valence electrons. The van der Waals surface area contributed by atoms with E-state index in [1.54, 1.807) is 22.9 Å². The van der Waals surface area contributed by atoms with Crippen LogP contribution in [0, 0.1) is 0 Å². The standard InChI is InChI=1S/C22H20N4O2S/c1-29-15-8-6-14(7-9-15)11-23-26-13-21(27)25-12-19-17(10-20(25)22(26)28)16-4-2-3-5-18(16)24-19/h2-9,11,20,24H,10,12-13H2,1H3/b23-11+/t20-/m0/s1. The molecule has 29 heavy (non-hydrogen) atoms. The number of nitrogens with zero attached hydrogens (tertiary/aromatic N) is 3. The number of amides is 2. The summed E-state index contributed by atoms with van der Waals surface area (Å²) in [6, 6.07) is 15.5. The number of para-hydroxylation sites is 1. The molecule has 1 fully saturated rings. The van der Waals surface area contributed by atoms with Gasteiger partial charge in [-0.25, -0.2) is 5.01 Å². The maximum Gasteiger partial charge on any atom is 0.266 e. The summed E-state index contributed by atoms with van der Waals surface area (Å²) >= 11 is 1.67. The van der Waals surface area contributed by atoms with Gasteiger partial charge in [0.1, 0.15) is 12.6 Å². The second-order valence-corrected chi connectivity index (χ2v) is 8.16. The smallest absolute Gasteiger partial charge is 0.266 e. The molecule has 3 aromatic rings. The number of piperazine rings is 1. The fourth-order valence-corrected chi connectivity index (χ4v) is 4.49. The van der Waals surface area contributed by atoms with Crippen LogP contribution < -0.4 is 0 Å². The molecule has 0 unspecified atom stereocenters. The first-order chi connectivity index (χ1) is 14.1. The summed E-state index contributed by atoms with van der Waals surface area (Å²) < 4.78 is 0. The highest BCUT2D eigenvalue weighted by atomic mass is 32.2. The lowest BCUT2D eigenvalue weighted by Crippen LogP contribution is -2.60. The van der Waals surface area contributed by atoms with Gasteiger partial charge < -0.3 is 9.88 Å². The Morgan fingerprint density at radius 3 is 2.69 bits per heavy atom. The number of carbonyl (C=O) groups is 2. The van der Waals surface area contributed by atoms with Crippen LogP contribution in [-0.4, -0.2) is 51.8 Å². The number of rotatable bonds is 3. The Bertz CT molecular complexity index is 1140. The van der Waals surface area contributed by atoms with Crippen LogP contribution in [0.2, 0.25) is 0 Å². The summed E-state index contributed by atoms with van der Waals surface area (Å²) in [7, 11) is 0. The third-order valence-corrected chi connectivity index (χ3v) is 6.35. The Morgan fingerprint density at radius 1 is 1.10 bits per heavy atom. The predicted octanol–water partition coefficient (Wildman–Crippen LogP) is 3.02. The number of aromatic nitrogens is 1. The van der Waals surface area contributed by atoms with Gasteiger partial charge in [0, 0.05) is 27.9 Å². The molecule has 1 N–H and O–H groups in total. The van der Waals surface area contributed by atoms with Crippen molar-refractivity contribution in [2.24, 2.45) is 5.10 Å². The van der Waals surface area contributed by atoms with Crippen LogP contribution in [-0.2, 0) is 22.6 Å². The van der Waals surface area contributed by atoms with E-state index in [0.717, 1.165) is 27.7 Å². The van der Waals surface area contributed by atoms with E-state index in [-0.39, 0.29) is 18.4 Å². The van der Waals surface area contributed by atoms with Crippen molar-refractivity contribution in [3.8, 4) is 0 Å². The lowest BCUT2D eigenvalue weighted by molar-refractivity contribution is -0.157. The van der Waals surface area contributed by atoms with E-state index in [2.05, 4.69) is 16.2 Å². The van der Waals surface area contributed by atoms with Gasteiger partial charge in [-0.3, -0.25) is 9.59 Å². The maximum absolute atomic E-state index is 13.1. The molecular weight excluding hydrogens is 384 g/mol. The van der Waals surface area contributed by atoms with Crippen LogP contribution >= 0.6 is 11.8 Å². The van der Waals surface area contributed by atoms with Crippen molar-refractivity contribution >= 4 is 40.7 Å². The van der Waals surface area contributed by atoms with Crippen LogP contribution in [0.4, 0.5) is 0 Å². The van der Waals surface area contributed by atoms with Gasteiger partial charge in [-0.2, -0.15) is 5.10 Å². The molecule has 2 aliphatic rings. The fourth-order valence-electron chi connectivity index (χ4n) is 4.08. The van der Waals surface area contributed by atoms with Crippen molar-refractivity contribution in [3.63, 3.8) is 0 Å². The Balaban J connectivity index is 1.41. The normalized spacial score (nSPS) is 19.1. The molecule has 6 nitrogen and oxygen atoms in total. The highest BCUT2D eigenvalue weighted by molar-refractivity contribution is 7.98. The van der Waals surface area contributed by atoms with E-state index in [0.29, 0.717) is 13.0 Å². The Kier molecular flexibility index (Phi) is 4.39. The second kappa shape index (κ2) is 7.08. The minimum absolute atomic E-state index is 0.0235. The number of hydrazone groups is 1. The van der Waals surface area contributed by atoms with E-state index in [4.69, 9.17) is 0 Å². The maximum atomic E-state index is 13.1. The molecular formula is C22H20N4O2S. The predicted molar refractivity (Wildman–Crippen MR) is 114 cm³/mol. The lowest BCUT2D eigenvalue weighted by Gasteiger charge is -2.40. The van der Waals surface area contributed by atoms with Crippen molar-refractivity contribution in [1.82, 2.24) is 14.9 Å². The average molecular weight is 404 g/mol. The molecule has 1 aromatic heterocycles. The second-order valence-electron chi connectivity index (χ2n) is 7.28. The quantitative estimate of drug-likeness (QED) is 0.539. The number of carbonyl (C=O) groups excluding carboxylic acids is 2. The van der Waals surface area contributed by atoms with E-state index < -0.39 is 6.04 Å². The van der Waals surface area contributed by atoms with Crippen LogP contribution in [0.1, 0.15) is 16.8 Å². The highest BCUT2D eigenvalue weighted by Crippen LogP contribution is 2.32. The number of hydrogen-bond acceptors (Lipinski definition) is 4. The van der Waals surface area contributed by atoms with Gasteiger partial charge >= 0.3 is 0 Å². The molecule has 0 aliphatic carbocycles. The SMILES string of the molecule is CSc1ccc(/C=N/N2CC(=O)N3Cc4[nH]c5ccccc5c4C[C@H]3C2=O)cc1. The van der Waals surface area contributed by atoms with Crippen LogP contribution in [0.25, 0.3) is 10.9 Å². The molecule has 0 spiro atoms. The largest absolute Gasteiger partial charge is 0.357 e. The first kappa shape index (κ1) is 18.0. The van der Waals surface area contributed by atoms with E-state index in [1.165, 1.54) is 9.90 Å². The van der Waals surface area contributed by atoms with Crippen LogP contribution in [0.15, 0.2) is 58.5 Å². The number of H-pyrrole nitrogens is 1. The minimum Gasteiger partial charge on any atom is -0.357 e. The highest BCUT2D eigenvalue weighted by Gasteiger charge is 2.43. The Hall–Kier alpha value is -3.06. The number of hydrogen-bond donors (Lipinski definition) is 1. The summed E-state index contributed by atoms with van der Waals surface area (Å²) in [6.45, 7) is 0.414. The molecule has 3 heterocycles. The molecule has 2 aromatic carbocycles. The van der Waals surface area contributed by atoms with Gasteiger partial charge in [0.25, 0.3) is 5.91 Å². The first-order valence-electron chi connectivity index (χ1n) is 9.51. The van der Waals surface area contributed by atoms with Crippen molar-refractivity contribution in [2.75, 3.05) is 12.8 Å². The first-order valence-corrected chi connectivity index (χ1v) is 10.7. The van der Waals surface area contributed by atoms with Crippen molar-refractivity contribution in [2.45, 2.75) is 23.9 Å². The van der Waals surface area contributed by atoms with Crippen molar-refractivity contribution in [3.05, 3.63) is 65.4 Å². The molecule has 2 amide bonds. The van der Waals surface area contributed by atoms with E-state index in [9.17, 15) is 9.59 Å². The van der Waals surface area contributed by atoms with Crippen LogP contribution in [0.3, 0.4) is 0 Å². The van der Waals surface area contributed by atoms with Gasteiger partial charge in [0.2, 0.25) is 5.91 Å². The molecule has 0 bridgehead atoms. The topological polar surface area (TPSA) is 68.8 Å². The third-order valence-electron chi connectivity index (χ3n) is 5.61. The van der Waals surface area contributed by atoms with Gasteiger partial charge in [-0.05, 0) is 35.6 Å². The van der Waals surface area contributed by atoms with Gasteiger partial charge in [-0.15, -0.1) is 11.8 Å². The zero-order valence-corrected chi connectivity index (χ0v) is 16.8. The Labute approximate surface area is 172 Å². The molecule has 2 aliphatic heterocycles. The van der Waals surface area contributed by atoms with Crippen molar-refractivity contribution < 1.29 is 9.59 Å². The molecule has 1 saturated heterocycles. The lowest BCUT2D eigenvalue weighted by atomic mass is 9.94. The summed E-state index contributed by atoms with van der Waals surface area (Å²) in [5.74, 6) is -0.202. The van der Waals surface area contributed by atoms with Gasteiger partial charge in [0.05, 0.1) is 12.8 Å². The van der Waals surface area contributed by atoms with Crippen LogP contribution in [0.5, 0.6) is 0 Å². The average Bonchev–Trinajstić information content (AvgIpc) is 3.12. The molecule has 0 radical (unpaired) electrons. The minimum atomic E-state index is -0.501. The number of nitrogens with one attached hydrogen (secondary N) is 1. The zero-order chi connectivity index (χ0) is 20.0. The van der Waals surface area contributed by atoms with Gasteiger partial charge in [0.15, 0.2) is 0 Å². The summed E-state index contributed by atoms with van der Waals surface area (Å²) in [4.78, 5) is 32.1. The summed E-state index contributed by atoms with van der Waals surface area (Å²) in [6.07, 6.45) is 4.18. The number of thioether (sulfide) groups is 1. The third kappa shape index (κ3) is 3.11. The summed E-state index contributed by atoms with van der Waals surface area (Å²) in [5, 5.41) is 6.77. The molecule has 5 rings (SSSR count). The summed E-state index contributed by atoms with van der Waals surface area (Å²) in [5.41, 5.74) is 4.09. The molecule has 7 heteroatoms. The monoisotopic (exact) mass is 404 g/mol. The number of benzene rings is 2. The zero-order valence-electron chi connectivity index (χ0n) is 16.0. The molecule has 0 saturated carbocycles. The fraction of sp³-hybridized carbons (Fsp3) is 0.227. The van der Waals surface area contributed by atoms with E-state index in [1.807, 2.05) is 48.7 Å². The van der Waals surface area contributed by atoms with Gasteiger partial charge in [-0.1, -0.05) is 30.3 Å². The number of fused-ring (bicyclic) bond motifs is 4.